The average Bonchev–Trinajstić information content (AvgIpc) is 2.88. The van der Waals surface area contributed by atoms with Gasteiger partial charge in [0.15, 0.2) is 0 Å². The fraction of sp³-hybridized carbons (Fsp3) is 0.550. The second-order valence-electron chi connectivity index (χ2n) is 7.61. The van der Waals surface area contributed by atoms with Gasteiger partial charge in [0.2, 0.25) is 5.91 Å². The zero-order valence-electron chi connectivity index (χ0n) is 16.4. The van der Waals surface area contributed by atoms with Gasteiger partial charge in [-0.25, -0.2) is 14.5 Å². The number of nitrogens with one attached hydrogen (secondary N) is 1. The lowest BCUT2D eigenvalue weighted by atomic mass is 10.0. The Bertz CT molecular complexity index is 669. The van der Waals surface area contributed by atoms with E-state index < -0.39 is 23.9 Å². The SMILES string of the molecule is C[C@@H]1[C@H](c2ccccc2)OC(=O)N1C(=O)CCCCNC(=O)OC(C)(C)C. The number of hydrogen-bond acceptors (Lipinski definition) is 5. The monoisotopic (exact) mass is 376 g/mol. The van der Waals surface area contributed by atoms with E-state index >= 15 is 0 Å². The second kappa shape index (κ2) is 8.88. The van der Waals surface area contributed by atoms with E-state index in [4.69, 9.17) is 9.47 Å². The minimum absolute atomic E-state index is 0.219. The van der Waals surface area contributed by atoms with E-state index in [1.807, 2.05) is 37.3 Å². The van der Waals surface area contributed by atoms with Crippen LogP contribution in [-0.4, -0.2) is 41.2 Å². The fourth-order valence-electron chi connectivity index (χ4n) is 2.91. The number of benzene rings is 1. The summed E-state index contributed by atoms with van der Waals surface area (Å²) in [6.07, 6.45) is -0.136. The van der Waals surface area contributed by atoms with Crippen molar-refractivity contribution in [2.24, 2.45) is 0 Å². The van der Waals surface area contributed by atoms with E-state index in [0.717, 1.165) is 5.56 Å². The molecule has 27 heavy (non-hydrogen) atoms. The molecule has 3 amide bonds. The maximum absolute atomic E-state index is 12.4. The molecule has 1 heterocycles. The Hall–Kier alpha value is -2.57. The van der Waals surface area contributed by atoms with Crippen molar-refractivity contribution >= 4 is 18.1 Å². The Morgan fingerprint density at radius 1 is 1.19 bits per heavy atom. The van der Waals surface area contributed by atoms with Gasteiger partial charge in [-0.3, -0.25) is 4.79 Å². The Labute approximate surface area is 160 Å². The lowest BCUT2D eigenvalue weighted by Gasteiger charge is -2.20. The molecule has 0 spiro atoms. The molecule has 1 saturated heterocycles. The molecule has 0 saturated carbocycles. The van der Waals surface area contributed by atoms with Crippen molar-refractivity contribution in [1.82, 2.24) is 10.2 Å². The molecule has 0 unspecified atom stereocenters. The topological polar surface area (TPSA) is 84.9 Å². The molecule has 7 nitrogen and oxygen atoms in total. The van der Waals surface area contributed by atoms with Crippen molar-refractivity contribution in [1.29, 1.82) is 0 Å². The van der Waals surface area contributed by atoms with Crippen LogP contribution >= 0.6 is 0 Å². The molecule has 0 bridgehead atoms. The van der Waals surface area contributed by atoms with Crippen molar-refractivity contribution in [2.75, 3.05) is 6.54 Å². The minimum Gasteiger partial charge on any atom is -0.444 e. The Kier molecular flexibility index (Phi) is 6.82. The number of alkyl carbamates (subject to hydrolysis) is 1. The van der Waals surface area contributed by atoms with Gasteiger partial charge in [0.25, 0.3) is 0 Å². The van der Waals surface area contributed by atoms with E-state index in [1.54, 1.807) is 20.8 Å². The Morgan fingerprint density at radius 3 is 2.48 bits per heavy atom. The summed E-state index contributed by atoms with van der Waals surface area (Å²) in [5.41, 5.74) is 0.330. The van der Waals surface area contributed by atoms with Crippen LogP contribution < -0.4 is 5.32 Å². The van der Waals surface area contributed by atoms with Gasteiger partial charge >= 0.3 is 12.2 Å². The van der Waals surface area contributed by atoms with E-state index in [9.17, 15) is 14.4 Å². The molecule has 148 valence electrons. The number of hydrogen-bond donors (Lipinski definition) is 1. The van der Waals surface area contributed by atoms with Gasteiger partial charge in [-0.05, 0) is 46.1 Å². The van der Waals surface area contributed by atoms with Crippen LogP contribution in [0.15, 0.2) is 30.3 Å². The van der Waals surface area contributed by atoms with Crippen LogP contribution in [0.1, 0.15) is 58.6 Å². The van der Waals surface area contributed by atoms with Crippen LogP contribution in [0.5, 0.6) is 0 Å². The largest absolute Gasteiger partial charge is 0.444 e. The lowest BCUT2D eigenvalue weighted by Crippen LogP contribution is -2.37. The summed E-state index contributed by atoms with van der Waals surface area (Å²) in [7, 11) is 0. The number of nitrogens with zero attached hydrogens (tertiary/aromatic N) is 1. The number of carbonyl (C=O) groups is 3. The molecule has 1 aromatic carbocycles. The van der Waals surface area contributed by atoms with Crippen molar-refractivity contribution in [3.8, 4) is 0 Å². The molecule has 0 radical (unpaired) electrons. The zero-order chi connectivity index (χ0) is 20.0. The van der Waals surface area contributed by atoms with Gasteiger partial charge in [-0.2, -0.15) is 0 Å². The second-order valence-corrected chi connectivity index (χ2v) is 7.61. The smallest absolute Gasteiger partial charge is 0.417 e. The summed E-state index contributed by atoms with van der Waals surface area (Å²) in [5.74, 6) is -0.261. The van der Waals surface area contributed by atoms with Crippen molar-refractivity contribution < 1.29 is 23.9 Å². The first-order valence-electron chi connectivity index (χ1n) is 9.23. The molecule has 2 rings (SSSR count). The Morgan fingerprint density at radius 2 is 1.85 bits per heavy atom. The maximum Gasteiger partial charge on any atom is 0.417 e. The quantitative estimate of drug-likeness (QED) is 0.764. The normalized spacial score (nSPS) is 19.6. The highest BCUT2D eigenvalue weighted by Gasteiger charge is 2.42. The first-order chi connectivity index (χ1) is 12.7. The molecule has 1 aromatic rings. The summed E-state index contributed by atoms with van der Waals surface area (Å²) in [6, 6.07) is 9.04. The highest BCUT2D eigenvalue weighted by Crippen LogP contribution is 2.32. The molecule has 1 aliphatic heterocycles. The lowest BCUT2D eigenvalue weighted by molar-refractivity contribution is -0.129. The van der Waals surface area contributed by atoms with E-state index in [2.05, 4.69) is 5.32 Å². The number of unbranched alkanes of at least 4 members (excludes halogenated alkanes) is 1. The van der Waals surface area contributed by atoms with Gasteiger partial charge in [0, 0.05) is 13.0 Å². The predicted octanol–water partition coefficient (Wildman–Crippen LogP) is 3.79. The molecule has 1 fully saturated rings. The van der Waals surface area contributed by atoms with Crippen LogP contribution in [0.4, 0.5) is 9.59 Å². The van der Waals surface area contributed by atoms with Gasteiger partial charge < -0.3 is 14.8 Å². The highest BCUT2D eigenvalue weighted by molar-refractivity contribution is 5.93. The number of cyclic esters (lactones) is 1. The van der Waals surface area contributed by atoms with Crippen LogP contribution in [0.2, 0.25) is 0 Å². The molecule has 7 heteroatoms. The van der Waals surface area contributed by atoms with Crippen molar-refractivity contribution in [3.05, 3.63) is 35.9 Å². The maximum atomic E-state index is 12.4. The number of imide groups is 1. The number of rotatable bonds is 6. The van der Waals surface area contributed by atoms with E-state index in [-0.39, 0.29) is 18.4 Å². The van der Waals surface area contributed by atoms with E-state index in [1.165, 1.54) is 4.90 Å². The van der Waals surface area contributed by atoms with Gasteiger partial charge in [-0.1, -0.05) is 30.3 Å². The third-order valence-corrected chi connectivity index (χ3v) is 4.15. The summed E-state index contributed by atoms with van der Waals surface area (Å²) >= 11 is 0. The predicted molar refractivity (Wildman–Crippen MR) is 100 cm³/mol. The highest BCUT2D eigenvalue weighted by atomic mass is 16.6. The standard InChI is InChI=1S/C20H28N2O5/c1-14-17(15-10-6-5-7-11-15)26-19(25)22(14)16(23)12-8-9-13-21-18(24)27-20(2,3)4/h5-7,10-11,14,17H,8-9,12-13H2,1-4H3,(H,21,24)/t14-,17-/m1/s1. The van der Waals surface area contributed by atoms with E-state index in [0.29, 0.717) is 19.4 Å². The number of amides is 3. The minimum atomic E-state index is -0.603. The molecular formula is C20H28N2O5. The van der Waals surface area contributed by atoms with Crippen LogP contribution in [-0.2, 0) is 14.3 Å². The molecule has 1 aliphatic rings. The summed E-state index contributed by atoms with van der Waals surface area (Å²) < 4.78 is 10.5. The van der Waals surface area contributed by atoms with Gasteiger partial charge in [-0.15, -0.1) is 0 Å². The van der Waals surface area contributed by atoms with Gasteiger partial charge in [0.05, 0.1) is 6.04 Å². The molecule has 2 atom stereocenters. The third-order valence-electron chi connectivity index (χ3n) is 4.15. The molecule has 0 aromatic heterocycles. The van der Waals surface area contributed by atoms with Crippen LogP contribution in [0.25, 0.3) is 0 Å². The van der Waals surface area contributed by atoms with Crippen molar-refractivity contribution in [3.63, 3.8) is 0 Å². The van der Waals surface area contributed by atoms with Crippen LogP contribution in [0.3, 0.4) is 0 Å². The molecule has 1 N–H and O–H groups in total. The van der Waals surface area contributed by atoms with Gasteiger partial charge in [0.1, 0.15) is 11.7 Å². The summed E-state index contributed by atoms with van der Waals surface area (Å²) in [4.78, 5) is 37.3. The van der Waals surface area contributed by atoms with Crippen LogP contribution in [0, 0.1) is 0 Å². The third kappa shape index (κ3) is 5.98. The average molecular weight is 376 g/mol. The Balaban J connectivity index is 1.76. The molecular weight excluding hydrogens is 348 g/mol. The summed E-state index contributed by atoms with van der Waals surface area (Å²) in [6.45, 7) is 7.61. The fourth-order valence-corrected chi connectivity index (χ4v) is 2.91. The number of ether oxygens (including phenoxy) is 2. The van der Waals surface area contributed by atoms with Crippen molar-refractivity contribution in [2.45, 2.75) is 64.7 Å². The molecule has 0 aliphatic carbocycles. The first kappa shape index (κ1) is 20.7. The number of carbonyl (C=O) groups excluding carboxylic acids is 3. The zero-order valence-corrected chi connectivity index (χ0v) is 16.4. The first-order valence-corrected chi connectivity index (χ1v) is 9.23. The summed E-state index contributed by atoms with van der Waals surface area (Å²) in [5, 5.41) is 2.65.